The first kappa shape index (κ1) is 15.3. The molecule has 0 unspecified atom stereocenters. The second kappa shape index (κ2) is 5.99. The van der Waals surface area contributed by atoms with Crippen molar-refractivity contribution >= 4 is 28.9 Å². The van der Waals surface area contributed by atoms with Gasteiger partial charge in [0.15, 0.2) is 0 Å². The lowest BCUT2D eigenvalue weighted by Gasteiger charge is -2.04. The normalized spacial score (nSPS) is 11.5. The lowest BCUT2D eigenvalue weighted by atomic mass is 10.2. The van der Waals surface area contributed by atoms with Gasteiger partial charge >= 0.3 is 0 Å². The van der Waals surface area contributed by atoms with Crippen LogP contribution >= 0.6 is 23.1 Å². The predicted octanol–water partition coefficient (Wildman–Crippen LogP) is 3.45. The van der Waals surface area contributed by atoms with Crippen molar-refractivity contribution in [3.8, 4) is 10.7 Å². The van der Waals surface area contributed by atoms with E-state index in [2.05, 4.69) is 25.2 Å². The summed E-state index contributed by atoms with van der Waals surface area (Å²) in [7, 11) is 0. The fourth-order valence-corrected chi connectivity index (χ4v) is 3.55. The molecule has 0 radical (unpaired) electrons. The number of rotatable bonds is 4. The van der Waals surface area contributed by atoms with Crippen molar-refractivity contribution in [3.05, 3.63) is 40.4 Å². The lowest BCUT2D eigenvalue weighted by molar-refractivity contribution is 0.391. The number of thiophene rings is 1. The molecule has 9 heteroatoms. The highest BCUT2D eigenvalue weighted by Gasteiger charge is 2.14. The van der Waals surface area contributed by atoms with E-state index in [4.69, 9.17) is 4.52 Å². The molecule has 4 aromatic heterocycles. The van der Waals surface area contributed by atoms with Crippen LogP contribution in [-0.4, -0.2) is 29.7 Å². The third-order valence-electron chi connectivity index (χ3n) is 3.78. The largest absolute Gasteiger partial charge is 0.338 e. The van der Waals surface area contributed by atoms with Crippen LogP contribution in [-0.2, 0) is 5.75 Å². The van der Waals surface area contributed by atoms with Crippen molar-refractivity contribution in [2.45, 2.75) is 31.7 Å². The van der Waals surface area contributed by atoms with E-state index in [0.29, 0.717) is 28.4 Å². The number of hydrogen-bond acceptors (Lipinski definition) is 8. The van der Waals surface area contributed by atoms with Crippen molar-refractivity contribution in [2.75, 3.05) is 0 Å². The average Bonchev–Trinajstić information content (AvgIpc) is 3.29. The Morgan fingerprint density at radius 1 is 1.21 bits per heavy atom. The van der Waals surface area contributed by atoms with Gasteiger partial charge in [-0.25, -0.2) is 9.50 Å². The average molecular weight is 358 g/mol. The van der Waals surface area contributed by atoms with Crippen LogP contribution in [0.3, 0.4) is 0 Å². The van der Waals surface area contributed by atoms with E-state index in [1.54, 1.807) is 15.9 Å². The zero-order valence-electron chi connectivity index (χ0n) is 13.3. The molecule has 0 aliphatic carbocycles. The molecule has 0 aliphatic heterocycles. The van der Waals surface area contributed by atoms with Crippen LogP contribution in [0, 0.1) is 20.8 Å². The fourth-order valence-electron chi connectivity index (χ4n) is 2.24. The van der Waals surface area contributed by atoms with Gasteiger partial charge in [0, 0.05) is 11.4 Å². The van der Waals surface area contributed by atoms with E-state index in [9.17, 15) is 0 Å². The highest BCUT2D eigenvalue weighted by Crippen LogP contribution is 2.24. The first-order chi connectivity index (χ1) is 11.6. The Hall–Kier alpha value is -2.26. The summed E-state index contributed by atoms with van der Waals surface area (Å²) >= 11 is 3.04. The maximum atomic E-state index is 5.29. The highest BCUT2D eigenvalue weighted by atomic mass is 32.2. The van der Waals surface area contributed by atoms with Gasteiger partial charge in [0.2, 0.25) is 16.9 Å². The summed E-state index contributed by atoms with van der Waals surface area (Å²) in [5.41, 5.74) is 3.15. The number of fused-ring (bicyclic) bond motifs is 1. The second-order valence-electron chi connectivity index (χ2n) is 5.29. The molecule has 0 aromatic carbocycles. The van der Waals surface area contributed by atoms with E-state index in [1.807, 2.05) is 38.3 Å². The summed E-state index contributed by atoms with van der Waals surface area (Å²) in [6.07, 6.45) is 0. The lowest BCUT2D eigenvalue weighted by Crippen LogP contribution is -2.02. The Kier molecular flexibility index (Phi) is 3.81. The molecule has 0 fully saturated rings. The van der Waals surface area contributed by atoms with Crippen LogP contribution in [0.15, 0.2) is 27.2 Å². The molecule has 0 amide bonds. The molecule has 122 valence electrons. The Balaban J connectivity index is 1.54. The molecule has 0 spiro atoms. The van der Waals surface area contributed by atoms with E-state index >= 15 is 0 Å². The minimum atomic E-state index is 0.520. The summed E-state index contributed by atoms with van der Waals surface area (Å²) < 4.78 is 7.07. The first-order valence-corrected chi connectivity index (χ1v) is 9.18. The summed E-state index contributed by atoms with van der Waals surface area (Å²) in [5, 5.41) is 11.1. The number of hydrogen-bond donors (Lipinski definition) is 0. The molecule has 4 aromatic rings. The van der Waals surface area contributed by atoms with Crippen LogP contribution in [0.25, 0.3) is 16.5 Å². The number of thioether (sulfide) groups is 1. The molecule has 0 N–H and O–H groups in total. The smallest absolute Gasteiger partial charge is 0.253 e. The molecule has 0 saturated heterocycles. The predicted molar refractivity (Wildman–Crippen MR) is 92.2 cm³/mol. The van der Waals surface area contributed by atoms with Crippen LogP contribution in [0.5, 0.6) is 0 Å². The molecular weight excluding hydrogens is 344 g/mol. The fraction of sp³-hybridized carbons (Fsp3) is 0.267. The van der Waals surface area contributed by atoms with Crippen LogP contribution < -0.4 is 0 Å². The summed E-state index contributed by atoms with van der Waals surface area (Å²) in [6, 6.07) is 3.93. The van der Waals surface area contributed by atoms with Gasteiger partial charge < -0.3 is 4.52 Å². The first-order valence-electron chi connectivity index (χ1n) is 7.31. The third-order valence-corrected chi connectivity index (χ3v) is 5.46. The summed E-state index contributed by atoms with van der Waals surface area (Å²) in [5.74, 6) is 2.31. The van der Waals surface area contributed by atoms with Crippen LogP contribution in [0.1, 0.15) is 22.8 Å². The van der Waals surface area contributed by atoms with Gasteiger partial charge in [-0.2, -0.15) is 9.97 Å². The van der Waals surface area contributed by atoms with Gasteiger partial charge in [-0.05, 0) is 37.8 Å². The van der Waals surface area contributed by atoms with E-state index in [0.717, 1.165) is 21.8 Å². The molecule has 24 heavy (non-hydrogen) atoms. The van der Waals surface area contributed by atoms with Gasteiger partial charge in [0.05, 0.1) is 10.6 Å². The Bertz CT molecular complexity index is 1000. The molecule has 4 heterocycles. The molecule has 0 saturated carbocycles. The van der Waals surface area contributed by atoms with E-state index in [-0.39, 0.29) is 0 Å². The van der Waals surface area contributed by atoms with Gasteiger partial charge in [-0.1, -0.05) is 23.0 Å². The standard InChI is InChI=1S/C15H14N6OS2/c1-8-9(2)16-14-18-15(19-21(14)10(8)3)24-7-12-17-13(20-22-12)11-5-4-6-23-11/h4-6H,7H2,1-3H3. The van der Waals surface area contributed by atoms with Crippen molar-refractivity contribution in [2.24, 2.45) is 0 Å². The molecule has 0 atom stereocenters. The van der Waals surface area contributed by atoms with Gasteiger partial charge in [0.25, 0.3) is 5.78 Å². The maximum absolute atomic E-state index is 5.29. The number of aromatic nitrogens is 6. The quantitative estimate of drug-likeness (QED) is 0.517. The SMILES string of the molecule is Cc1nc2nc(SCc3nc(-c4cccs4)no3)nn2c(C)c1C. The molecular formula is C15H14N6OS2. The Morgan fingerprint density at radius 2 is 2.08 bits per heavy atom. The van der Waals surface area contributed by atoms with Gasteiger partial charge in [0.1, 0.15) is 0 Å². The van der Waals surface area contributed by atoms with Gasteiger partial charge in [-0.3, -0.25) is 0 Å². The third kappa shape index (κ3) is 2.69. The molecule has 0 aliphatic rings. The zero-order valence-corrected chi connectivity index (χ0v) is 15.0. The molecule has 4 rings (SSSR count). The number of nitrogens with zero attached hydrogens (tertiary/aromatic N) is 6. The zero-order chi connectivity index (χ0) is 16.7. The monoisotopic (exact) mass is 358 g/mol. The van der Waals surface area contributed by atoms with Crippen molar-refractivity contribution in [3.63, 3.8) is 0 Å². The Labute approximate surface area is 146 Å². The summed E-state index contributed by atoms with van der Waals surface area (Å²) in [4.78, 5) is 14.3. The van der Waals surface area contributed by atoms with Crippen molar-refractivity contribution in [1.29, 1.82) is 0 Å². The minimum Gasteiger partial charge on any atom is -0.338 e. The minimum absolute atomic E-state index is 0.520. The Morgan fingerprint density at radius 3 is 2.88 bits per heavy atom. The van der Waals surface area contributed by atoms with Crippen LogP contribution in [0.2, 0.25) is 0 Å². The number of aryl methyl sites for hydroxylation is 2. The van der Waals surface area contributed by atoms with Gasteiger partial charge in [-0.15, -0.1) is 16.4 Å². The van der Waals surface area contributed by atoms with E-state index < -0.39 is 0 Å². The highest BCUT2D eigenvalue weighted by molar-refractivity contribution is 7.98. The maximum Gasteiger partial charge on any atom is 0.253 e. The van der Waals surface area contributed by atoms with E-state index in [1.165, 1.54) is 11.8 Å². The van der Waals surface area contributed by atoms with Crippen LogP contribution in [0.4, 0.5) is 0 Å². The van der Waals surface area contributed by atoms with Crippen molar-refractivity contribution < 1.29 is 4.52 Å². The topological polar surface area (TPSA) is 82.0 Å². The van der Waals surface area contributed by atoms with Crippen molar-refractivity contribution in [1.82, 2.24) is 29.7 Å². The second-order valence-corrected chi connectivity index (χ2v) is 7.18. The molecule has 7 nitrogen and oxygen atoms in total. The molecule has 0 bridgehead atoms. The summed E-state index contributed by atoms with van der Waals surface area (Å²) in [6.45, 7) is 6.04.